The second kappa shape index (κ2) is 8.01. The van der Waals surface area contributed by atoms with Gasteiger partial charge in [0.15, 0.2) is 12.1 Å². The number of oxazole rings is 1. The van der Waals surface area contributed by atoms with Gasteiger partial charge in [0.05, 0.1) is 6.04 Å². The van der Waals surface area contributed by atoms with Crippen molar-refractivity contribution in [1.82, 2.24) is 25.3 Å². The fourth-order valence-corrected chi connectivity index (χ4v) is 4.41. The standard InChI is InChI=1S/C21H18F3N5O4/c22-21(23,24)20-27-17(28-33-20)11-5-6-12-8-29(19(31)13(12)7-11)16-4-2-1-3-14(16)26-18(30)15-9-32-10-25-15/h5-7,9-10,14,16H,1-4,8H2,(H,26,30)/t14-,16-/m1/s1. The molecule has 1 fully saturated rings. The first-order valence-corrected chi connectivity index (χ1v) is 10.4. The Balaban J connectivity index is 1.36. The van der Waals surface area contributed by atoms with Gasteiger partial charge in [-0.2, -0.15) is 18.2 Å². The highest BCUT2D eigenvalue weighted by atomic mass is 19.4. The normalized spacial score (nSPS) is 20.7. The maximum absolute atomic E-state index is 13.2. The van der Waals surface area contributed by atoms with Gasteiger partial charge in [-0.3, -0.25) is 9.59 Å². The van der Waals surface area contributed by atoms with E-state index in [0.29, 0.717) is 18.5 Å². The van der Waals surface area contributed by atoms with Crippen LogP contribution in [0.5, 0.6) is 0 Å². The van der Waals surface area contributed by atoms with Crippen LogP contribution in [-0.4, -0.2) is 43.9 Å². The lowest BCUT2D eigenvalue weighted by Crippen LogP contribution is -2.53. The van der Waals surface area contributed by atoms with Crippen molar-refractivity contribution in [2.45, 2.75) is 50.5 Å². The minimum Gasteiger partial charge on any atom is -0.451 e. The first-order chi connectivity index (χ1) is 15.8. The number of alkyl halides is 3. The number of hydrogen-bond acceptors (Lipinski definition) is 7. The van der Waals surface area contributed by atoms with E-state index >= 15 is 0 Å². The van der Waals surface area contributed by atoms with Crippen LogP contribution in [0, 0.1) is 0 Å². The minimum atomic E-state index is -4.75. The minimum absolute atomic E-state index is 0.165. The molecule has 0 bridgehead atoms. The van der Waals surface area contributed by atoms with E-state index in [0.717, 1.165) is 24.8 Å². The number of carbonyl (C=O) groups is 2. The lowest BCUT2D eigenvalue weighted by Gasteiger charge is -2.38. The molecule has 1 aliphatic carbocycles. The molecule has 33 heavy (non-hydrogen) atoms. The zero-order valence-electron chi connectivity index (χ0n) is 17.1. The fraction of sp³-hybridized carbons (Fsp3) is 0.381. The van der Waals surface area contributed by atoms with Crippen molar-refractivity contribution >= 4 is 11.8 Å². The highest BCUT2D eigenvalue weighted by Crippen LogP contribution is 2.34. The quantitative estimate of drug-likeness (QED) is 0.633. The molecule has 3 aromatic rings. The molecule has 2 amide bonds. The molecule has 1 saturated carbocycles. The summed E-state index contributed by atoms with van der Waals surface area (Å²) in [7, 11) is 0. The molecule has 0 unspecified atom stereocenters. The summed E-state index contributed by atoms with van der Waals surface area (Å²) in [6, 6.07) is 4.24. The predicted molar refractivity (Wildman–Crippen MR) is 105 cm³/mol. The third-order valence-corrected chi connectivity index (χ3v) is 5.98. The van der Waals surface area contributed by atoms with Crippen LogP contribution < -0.4 is 5.32 Å². The summed E-state index contributed by atoms with van der Waals surface area (Å²) in [5, 5.41) is 6.34. The van der Waals surface area contributed by atoms with Crippen LogP contribution in [-0.2, 0) is 12.7 Å². The zero-order valence-corrected chi connectivity index (χ0v) is 17.1. The van der Waals surface area contributed by atoms with Crippen LogP contribution in [0.2, 0.25) is 0 Å². The molecule has 0 radical (unpaired) electrons. The Morgan fingerprint density at radius 1 is 1.21 bits per heavy atom. The molecule has 0 saturated heterocycles. The summed E-state index contributed by atoms with van der Waals surface area (Å²) < 4.78 is 47.5. The van der Waals surface area contributed by atoms with Crippen molar-refractivity contribution < 1.29 is 31.7 Å². The van der Waals surface area contributed by atoms with Gasteiger partial charge in [0.25, 0.3) is 11.8 Å². The van der Waals surface area contributed by atoms with Gasteiger partial charge in [-0.1, -0.05) is 30.1 Å². The number of halogens is 3. The van der Waals surface area contributed by atoms with E-state index in [2.05, 4.69) is 25.0 Å². The molecule has 1 N–H and O–H groups in total. The third-order valence-electron chi connectivity index (χ3n) is 5.98. The van der Waals surface area contributed by atoms with Gasteiger partial charge in [-0.25, -0.2) is 4.98 Å². The number of nitrogens with zero attached hydrogens (tertiary/aromatic N) is 4. The van der Waals surface area contributed by atoms with Gasteiger partial charge in [0.2, 0.25) is 5.82 Å². The van der Waals surface area contributed by atoms with Crippen molar-refractivity contribution in [3.63, 3.8) is 0 Å². The van der Waals surface area contributed by atoms with Crippen LogP contribution in [0.1, 0.15) is 58.0 Å². The molecule has 2 aromatic heterocycles. The van der Waals surface area contributed by atoms with Crippen molar-refractivity contribution in [1.29, 1.82) is 0 Å². The summed E-state index contributed by atoms with van der Waals surface area (Å²) in [4.78, 5) is 34.7. The van der Waals surface area contributed by atoms with Crippen LogP contribution in [0.25, 0.3) is 11.4 Å². The maximum Gasteiger partial charge on any atom is 0.471 e. The highest BCUT2D eigenvalue weighted by Gasteiger charge is 2.40. The summed E-state index contributed by atoms with van der Waals surface area (Å²) in [5.41, 5.74) is 1.54. The van der Waals surface area contributed by atoms with Gasteiger partial charge in [-0.05, 0) is 24.5 Å². The van der Waals surface area contributed by atoms with Gasteiger partial charge in [-0.15, -0.1) is 0 Å². The van der Waals surface area contributed by atoms with Gasteiger partial charge < -0.3 is 19.2 Å². The second-order valence-electron chi connectivity index (χ2n) is 8.03. The lowest BCUT2D eigenvalue weighted by molar-refractivity contribution is -0.159. The number of rotatable bonds is 4. The van der Waals surface area contributed by atoms with Crippen molar-refractivity contribution in [2.75, 3.05) is 0 Å². The van der Waals surface area contributed by atoms with E-state index in [-0.39, 0.29) is 41.0 Å². The first-order valence-electron chi connectivity index (χ1n) is 10.4. The number of nitrogens with one attached hydrogen (secondary N) is 1. The van der Waals surface area contributed by atoms with Crippen LogP contribution >= 0.6 is 0 Å². The van der Waals surface area contributed by atoms with E-state index in [1.807, 2.05) is 0 Å². The molecular formula is C21H18F3N5O4. The SMILES string of the molecule is O=C(N[C@@H]1CCCC[C@H]1N1Cc2ccc(-c3noc(C(F)(F)F)n3)cc2C1=O)c1cocn1. The molecule has 172 valence electrons. The third kappa shape index (κ3) is 3.96. The lowest BCUT2D eigenvalue weighted by atomic mass is 9.89. The number of aromatic nitrogens is 3. The predicted octanol–water partition coefficient (Wildman–Crippen LogP) is 3.44. The van der Waals surface area contributed by atoms with Crippen molar-refractivity contribution in [2.24, 2.45) is 0 Å². The smallest absolute Gasteiger partial charge is 0.451 e. The number of fused-ring (bicyclic) bond motifs is 1. The average molecular weight is 461 g/mol. The maximum atomic E-state index is 13.2. The molecule has 2 atom stereocenters. The van der Waals surface area contributed by atoms with Crippen LogP contribution in [0.15, 0.2) is 39.8 Å². The second-order valence-corrected chi connectivity index (χ2v) is 8.03. The number of carbonyl (C=O) groups excluding carboxylic acids is 2. The molecular weight excluding hydrogens is 443 g/mol. The molecule has 0 spiro atoms. The molecule has 2 aliphatic rings. The Morgan fingerprint density at radius 2 is 2.03 bits per heavy atom. The fourth-order valence-electron chi connectivity index (χ4n) is 4.41. The topological polar surface area (TPSA) is 114 Å². The van der Waals surface area contributed by atoms with Gasteiger partial charge in [0, 0.05) is 23.7 Å². The van der Waals surface area contributed by atoms with Crippen molar-refractivity contribution in [3.8, 4) is 11.4 Å². The molecule has 12 heteroatoms. The summed E-state index contributed by atoms with van der Waals surface area (Å²) in [5.74, 6) is -2.31. The van der Waals surface area contributed by atoms with Gasteiger partial charge in [0.1, 0.15) is 6.26 Å². The van der Waals surface area contributed by atoms with E-state index in [1.165, 1.54) is 18.7 Å². The van der Waals surface area contributed by atoms with E-state index in [9.17, 15) is 22.8 Å². The summed E-state index contributed by atoms with van der Waals surface area (Å²) >= 11 is 0. The molecule has 9 nitrogen and oxygen atoms in total. The number of benzene rings is 1. The zero-order chi connectivity index (χ0) is 23.2. The highest BCUT2D eigenvalue weighted by molar-refractivity contribution is 5.99. The number of amides is 2. The van der Waals surface area contributed by atoms with Crippen molar-refractivity contribution in [3.05, 3.63) is 53.6 Å². The van der Waals surface area contributed by atoms with E-state index < -0.39 is 12.1 Å². The van der Waals surface area contributed by atoms with Crippen LogP contribution in [0.3, 0.4) is 0 Å². The Morgan fingerprint density at radius 3 is 2.76 bits per heavy atom. The van der Waals surface area contributed by atoms with E-state index in [1.54, 1.807) is 17.0 Å². The Bertz CT molecular complexity index is 1190. The Labute approximate surface area is 185 Å². The molecule has 5 rings (SSSR count). The average Bonchev–Trinajstić information content (AvgIpc) is 3.54. The Hall–Kier alpha value is -3.70. The summed E-state index contributed by atoms with van der Waals surface area (Å²) in [6.45, 7) is 0.343. The van der Waals surface area contributed by atoms with E-state index in [4.69, 9.17) is 4.42 Å². The Kier molecular flexibility index (Phi) is 5.14. The summed E-state index contributed by atoms with van der Waals surface area (Å²) in [6.07, 6.45) is 0.939. The van der Waals surface area contributed by atoms with Crippen LogP contribution in [0.4, 0.5) is 13.2 Å². The largest absolute Gasteiger partial charge is 0.471 e. The number of hydrogen-bond donors (Lipinski definition) is 1. The molecule has 1 aliphatic heterocycles. The van der Waals surface area contributed by atoms with Gasteiger partial charge >= 0.3 is 12.1 Å². The molecule has 3 heterocycles. The first kappa shape index (κ1) is 21.2. The monoisotopic (exact) mass is 461 g/mol. The molecule has 1 aromatic carbocycles.